The topological polar surface area (TPSA) is 106 Å². The van der Waals surface area contributed by atoms with E-state index >= 15 is 0 Å². The number of carbonyl (C=O) groups is 1. The monoisotopic (exact) mass is 342 g/mol. The van der Waals surface area contributed by atoms with E-state index < -0.39 is 4.92 Å². The minimum Gasteiger partial charge on any atom is -0.497 e. The Morgan fingerprint density at radius 3 is 2.60 bits per heavy atom. The minimum atomic E-state index is -0.478. The van der Waals surface area contributed by atoms with E-state index in [1.54, 1.807) is 50.4 Å². The standard InChI is InChI=1S/C17H18N4O4/c1-12(13-4-3-5-15(10-13)21(23)24)19-20-17(22)11-18-14-6-8-16(25-2)9-7-14/h3-10,18H,11H2,1-2H3,(H,20,22). The summed E-state index contributed by atoms with van der Waals surface area (Å²) in [7, 11) is 1.58. The van der Waals surface area contributed by atoms with Crippen molar-refractivity contribution in [1.82, 2.24) is 5.43 Å². The molecule has 0 aliphatic carbocycles. The summed E-state index contributed by atoms with van der Waals surface area (Å²) in [5, 5.41) is 17.7. The van der Waals surface area contributed by atoms with Crippen LogP contribution in [0.1, 0.15) is 12.5 Å². The molecule has 0 atom stereocenters. The molecular formula is C17H18N4O4. The van der Waals surface area contributed by atoms with E-state index in [0.29, 0.717) is 11.3 Å². The molecule has 8 heteroatoms. The van der Waals surface area contributed by atoms with Gasteiger partial charge in [-0.2, -0.15) is 5.10 Å². The van der Waals surface area contributed by atoms with Gasteiger partial charge in [-0.3, -0.25) is 14.9 Å². The number of nitrogens with zero attached hydrogens (tertiary/aromatic N) is 2. The Morgan fingerprint density at radius 1 is 1.24 bits per heavy atom. The van der Waals surface area contributed by atoms with Crippen LogP contribution >= 0.6 is 0 Å². The Labute approximate surface area is 144 Å². The van der Waals surface area contributed by atoms with Crippen molar-refractivity contribution in [2.45, 2.75) is 6.92 Å². The van der Waals surface area contributed by atoms with Crippen LogP contribution in [0.4, 0.5) is 11.4 Å². The fourth-order valence-corrected chi connectivity index (χ4v) is 1.99. The fourth-order valence-electron chi connectivity index (χ4n) is 1.99. The van der Waals surface area contributed by atoms with E-state index in [4.69, 9.17) is 4.74 Å². The summed E-state index contributed by atoms with van der Waals surface area (Å²) in [6, 6.07) is 13.2. The zero-order valence-corrected chi connectivity index (χ0v) is 13.9. The summed E-state index contributed by atoms with van der Waals surface area (Å²) in [5.41, 5.74) is 4.20. The molecule has 0 aliphatic heterocycles. The summed E-state index contributed by atoms with van der Waals surface area (Å²) in [6.45, 7) is 1.70. The second-order valence-electron chi connectivity index (χ2n) is 5.12. The van der Waals surface area contributed by atoms with Crippen LogP contribution in [0.3, 0.4) is 0 Å². The predicted octanol–water partition coefficient (Wildman–Crippen LogP) is 2.56. The average molecular weight is 342 g/mol. The highest BCUT2D eigenvalue weighted by Crippen LogP contribution is 2.15. The van der Waals surface area contributed by atoms with Crippen LogP contribution in [0.15, 0.2) is 53.6 Å². The maximum atomic E-state index is 11.8. The third kappa shape index (κ3) is 5.31. The molecule has 0 spiro atoms. The number of carbonyl (C=O) groups excluding carboxylic acids is 1. The molecule has 0 saturated heterocycles. The number of ether oxygens (including phenoxy) is 1. The molecule has 0 saturated carbocycles. The maximum absolute atomic E-state index is 11.8. The SMILES string of the molecule is COc1ccc(NCC(=O)NN=C(C)c2cccc([N+](=O)[O-])c2)cc1. The minimum absolute atomic E-state index is 0.0282. The van der Waals surface area contributed by atoms with Crippen molar-refractivity contribution in [2.24, 2.45) is 5.10 Å². The van der Waals surface area contributed by atoms with Crippen molar-refractivity contribution < 1.29 is 14.5 Å². The number of non-ortho nitro benzene ring substituents is 1. The van der Waals surface area contributed by atoms with E-state index in [1.807, 2.05) is 0 Å². The predicted molar refractivity (Wildman–Crippen MR) is 94.9 cm³/mol. The molecule has 0 unspecified atom stereocenters. The van der Waals surface area contributed by atoms with Crippen LogP contribution in [-0.4, -0.2) is 30.2 Å². The van der Waals surface area contributed by atoms with Crippen molar-refractivity contribution >= 4 is 23.0 Å². The lowest BCUT2D eigenvalue weighted by molar-refractivity contribution is -0.384. The van der Waals surface area contributed by atoms with Gasteiger partial charge in [-0.15, -0.1) is 0 Å². The zero-order valence-electron chi connectivity index (χ0n) is 13.9. The number of hydrogen-bond acceptors (Lipinski definition) is 6. The van der Waals surface area contributed by atoms with Crippen molar-refractivity contribution in [3.05, 3.63) is 64.2 Å². The number of nitrogens with one attached hydrogen (secondary N) is 2. The average Bonchev–Trinajstić information content (AvgIpc) is 2.64. The molecule has 0 heterocycles. The Hall–Kier alpha value is -3.42. The van der Waals surface area contributed by atoms with Crippen LogP contribution < -0.4 is 15.5 Å². The lowest BCUT2D eigenvalue weighted by Gasteiger charge is -2.07. The van der Waals surface area contributed by atoms with E-state index in [9.17, 15) is 14.9 Å². The number of benzene rings is 2. The Morgan fingerprint density at radius 2 is 1.96 bits per heavy atom. The first-order chi connectivity index (χ1) is 12.0. The van der Waals surface area contributed by atoms with Gasteiger partial charge >= 0.3 is 0 Å². The highest BCUT2D eigenvalue weighted by Gasteiger charge is 2.08. The molecule has 0 fully saturated rings. The lowest BCUT2D eigenvalue weighted by atomic mass is 10.1. The molecule has 0 radical (unpaired) electrons. The molecular weight excluding hydrogens is 324 g/mol. The molecule has 130 valence electrons. The molecule has 0 bridgehead atoms. The summed E-state index contributed by atoms with van der Waals surface area (Å²) < 4.78 is 5.06. The van der Waals surface area contributed by atoms with E-state index in [-0.39, 0.29) is 18.1 Å². The van der Waals surface area contributed by atoms with Crippen LogP contribution in [0.25, 0.3) is 0 Å². The van der Waals surface area contributed by atoms with Crippen LogP contribution in [-0.2, 0) is 4.79 Å². The maximum Gasteiger partial charge on any atom is 0.270 e. The molecule has 1 amide bonds. The van der Waals surface area contributed by atoms with Gasteiger partial charge in [0.05, 0.1) is 24.3 Å². The number of rotatable bonds is 7. The van der Waals surface area contributed by atoms with Gasteiger partial charge in [0.25, 0.3) is 11.6 Å². The smallest absolute Gasteiger partial charge is 0.270 e. The first kappa shape index (κ1) is 17.9. The first-order valence-electron chi connectivity index (χ1n) is 7.45. The molecule has 2 aromatic rings. The highest BCUT2D eigenvalue weighted by molar-refractivity contribution is 5.99. The lowest BCUT2D eigenvalue weighted by Crippen LogP contribution is -2.26. The molecule has 8 nitrogen and oxygen atoms in total. The molecule has 2 aromatic carbocycles. The molecule has 2 rings (SSSR count). The summed E-state index contributed by atoms with van der Waals surface area (Å²) in [5.74, 6) is 0.396. The molecule has 25 heavy (non-hydrogen) atoms. The second kappa shape index (κ2) is 8.44. The number of nitro groups is 1. The zero-order chi connectivity index (χ0) is 18.2. The summed E-state index contributed by atoms with van der Waals surface area (Å²) >= 11 is 0. The largest absolute Gasteiger partial charge is 0.497 e. The van der Waals surface area contributed by atoms with Crippen molar-refractivity contribution in [3.63, 3.8) is 0 Å². The van der Waals surface area contributed by atoms with Crippen LogP contribution in [0, 0.1) is 10.1 Å². The molecule has 2 N–H and O–H groups in total. The van der Waals surface area contributed by atoms with Gasteiger partial charge in [-0.05, 0) is 31.2 Å². The number of amides is 1. The quantitative estimate of drug-likeness (QED) is 0.457. The Bertz CT molecular complexity index is 787. The van der Waals surface area contributed by atoms with Gasteiger partial charge < -0.3 is 10.1 Å². The number of hydrazone groups is 1. The highest BCUT2D eigenvalue weighted by atomic mass is 16.6. The number of anilines is 1. The Kier molecular flexibility index (Phi) is 6.05. The van der Waals surface area contributed by atoms with E-state index in [1.165, 1.54) is 12.1 Å². The van der Waals surface area contributed by atoms with Crippen LogP contribution in [0.5, 0.6) is 5.75 Å². The van der Waals surface area contributed by atoms with Gasteiger partial charge in [0, 0.05) is 23.4 Å². The van der Waals surface area contributed by atoms with E-state index in [2.05, 4.69) is 15.8 Å². The first-order valence-corrected chi connectivity index (χ1v) is 7.45. The second-order valence-corrected chi connectivity index (χ2v) is 5.12. The number of methoxy groups -OCH3 is 1. The van der Waals surface area contributed by atoms with Gasteiger partial charge in [0.2, 0.25) is 0 Å². The summed E-state index contributed by atoms with van der Waals surface area (Å²) in [4.78, 5) is 22.1. The number of hydrogen-bond donors (Lipinski definition) is 2. The van der Waals surface area contributed by atoms with Crippen LogP contribution in [0.2, 0.25) is 0 Å². The van der Waals surface area contributed by atoms with Gasteiger partial charge in [-0.1, -0.05) is 12.1 Å². The van der Waals surface area contributed by atoms with Gasteiger partial charge in [0.1, 0.15) is 5.75 Å². The van der Waals surface area contributed by atoms with Crippen molar-refractivity contribution in [1.29, 1.82) is 0 Å². The van der Waals surface area contributed by atoms with Crippen molar-refractivity contribution in [2.75, 3.05) is 19.0 Å². The van der Waals surface area contributed by atoms with Gasteiger partial charge in [0.15, 0.2) is 0 Å². The Balaban J connectivity index is 1.90. The fraction of sp³-hybridized carbons (Fsp3) is 0.176. The van der Waals surface area contributed by atoms with E-state index in [0.717, 1.165) is 11.4 Å². The summed E-state index contributed by atoms with van der Waals surface area (Å²) in [6.07, 6.45) is 0. The third-order valence-corrected chi connectivity index (χ3v) is 3.37. The van der Waals surface area contributed by atoms with Gasteiger partial charge in [-0.25, -0.2) is 5.43 Å². The molecule has 0 aromatic heterocycles. The van der Waals surface area contributed by atoms with Crippen molar-refractivity contribution in [3.8, 4) is 5.75 Å². The normalized spacial score (nSPS) is 10.9. The third-order valence-electron chi connectivity index (χ3n) is 3.37. The number of nitro benzene ring substituents is 1. The molecule has 0 aliphatic rings.